The lowest BCUT2D eigenvalue weighted by atomic mass is 10.2. The van der Waals surface area contributed by atoms with Crippen LogP contribution in [0.4, 0.5) is 11.4 Å². The summed E-state index contributed by atoms with van der Waals surface area (Å²) in [6.45, 7) is 0.946. The number of rotatable bonds is 6. The number of carbonyl (C=O) groups is 2. The topological polar surface area (TPSA) is 104 Å². The number of carbonyl (C=O) groups excluding carboxylic acids is 2. The average Bonchev–Trinajstić information content (AvgIpc) is 2.55. The van der Waals surface area contributed by atoms with E-state index in [9.17, 15) is 18.0 Å². The van der Waals surface area contributed by atoms with Crippen LogP contribution in [0.5, 0.6) is 0 Å². The molecule has 2 rings (SSSR count). The highest BCUT2D eigenvalue weighted by Gasteiger charge is 2.18. The van der Waals surface area contributed by atoms with Crippen LogP contribution in [-0.4, -0.2) is 26.8 Å². The van der Waals surface area contributed by atoms with Crippen LogP contribution in [-0.2, 0) is 19.6 Å². The maximum absolute atomic E-state index is 12.1. The second-order valence-electron chi connectivity index (χ2n) is 5.06. The molecule has 0 spiro atoms. The van der Waals surface area contributed by atoms with Gasteiger partial charge in [0.15, 0.2) is 0 Å². The number of hydrogen-bond donors (Lipinski definition) is 3. The van der Waals surface area contributed by atoms with Crippen molar-refractivity contribution in [2.45, 2.75) is 11.8 Å². The highest BCUT2D eigenvalue weighted by Crippen LogP contribution is 2.20. The molecule has 25 heavy (non-hydrogen) atoms. The molecule has 2 amide bonds. The van der Waals surface area contributed by atoms with Crippen LogP contribution in [0.1, 0.15) is 6.92 Å². The van der Waals surface area contributed by atoms with Crippen LogP contribution in [0.2, 0.25) is 5.02 Å². The minimum atomic E-state index is -3.89. The van der Waals surface area contributed by atoms with Gasteiger partial charge in [-0.2, -0.15) is 0 Å². The van der Waals surface area contributed by atoms with Crippen molar-refractivity contribution >= 4 is 44.8 Å². The molecule has 0 saturated heterocycles. The second-order valence-corrected chi connectivity index (χ2v) is 7.20. The van der Waals surface area contributed by atoms with E-state index in [4.69, 9.17) is 11.6 Å². The molecule has 0 saturated carbocycles. The zero-order valence-corrected chi connectivity index (χ0v) is 14.8. The smallest absolute Gasteiger partial charge is 0.242 e. The molecule has 0 aliphatic heterocycles. The van der Waals surface area contributed by atoms with Crippen LogP contribution in [0.25, 0.3) is 0 Å². The predicted molar refractivity (Wildman–Crippen MR) is 96.0 cm³/mol. The van der Waals surface area contributed by atoms with Crippen molar-refractivity contribution < 1.29 is 18.0 Å². The first-order valence-electron chi connectivity index (χ1n) is 7.19. The van der Waals surface area contributed by atoms with Crippen LogP contribution in [0.15, 0.2) is 53.4 Å². The lowest BCUT2D eigenvalue weighted by molar-refractivity contribution is -0.115. The van der Waals surface area contributed by atoms with Gasteiger partial charge in [-0.05, 0) is 36.4 Å². The zero-order chi connectivity index (χ0) is 18.4. The maximum atomic E-state index is 12.1. The summed E-state index contributed by atoms with van der Waals surface area (Å²) in [6.07, 6.45) is 0. The van der Waals surface area contributed by atoms with E-state index in [1.54, 1.807) is 30.3 Å². The molecule has 0 bridgehead atoms. The van der Waals surface area contributed by atoms with Crippen molar-refractivity contribution in [3.8, 4) is 0 Å². The molecule has 0 fully saturated rings. The standard InChI is InChI=1S/C16H16ClN3O4S/c1-11(21)19-12-6-8-13(9-7-12)20-16(22)10-18-25(23,24)15-5-3-2-4-14(15)17/h2-9,18H,10H2,1H3,(H,19,21)(H,20,22). The molecular formula is C16H16ClN3O4S. The highest BCUT2D eigenvalue weighted by molar-refractivity contribution is 7.89. The van der Waals surface area contributed by atoms with E-state index < -0.39 is 22.5 Å². The second kappa shape index (κ2) is 8.11. The SMILES string of the molecule is CC(=O)Nc1ccc(NC(=O)CNS(=O)(=O)c2ccccc2Cl)cc1. The predicted octanol–water partition coefficient (Wildman–Crippen LogP) is 2.22. The van der Waals surface area contributed by atoms with E-state index in [0.717, 1.165) is 0 Å². The normalized spacial score (nSPS) is 11.0. The van der Waals surface area contributed by atoms with Gasteiger partial charge in [-0.3, -0.25) is 9.59 Å². The summed E-state index contributed by atoms with van der Waals surface area (Å²) in [5.41, 5.74) is 1.06. The fraction of sp³-hybridized carbons (Fsp3) is 0.125. The van der Waals surface area contributed by atoms with Crippen molar-refractivity contribution in [3.05, 3.63) is 53.6 Å². The molecule has 0 aromatic heterocycles. The van der Waals surface area contributed by atoms with Gasteiger partial charge in [0, 0.05) is 18.3 Å². The Morgan fingerprint density at radius 2 is 1.52 bits per heavy atom. The summed E-state index contributed by atoms with van der Waals surface area (Å²) in [5, 5.41) is 5.22. The zero-order valence-electron chi connectivity index (χ0n) is 13.2. The number of nitrogens with one attached hydrogen (secondary N) is 3. The van der Waals surface area contributed by atoms with Gasteiger partial charge in [-0.15, -0.1) is 0 Å². The summed E-state index contributed by atoms with van der Waals surface area (Å²) in [7, 11) is -3.89. The largest absolute Gasteiger partial charge is 0.326 e. The maximum Gasteiger partial charge on any atom is 0.242 e. The Bertz CT molecular complexity index is 883. The van der Waals surface area contributed by atoms with Gasteiger partial charge < -0.3 is 10.6 Å². The van der Waals surface area contributed by atoms with Crippen LogP contribution >= 0.6 is 11.6 Å². The average molecular weight is 382 g/mol. The Labute approximate surface area is 150 Å². The Kier molecular flexibility index (Phi) is 6.13. The minimum absolute atomic E-state index is 0.0731. The summed E-state index contributed by atoms with van der Waals surface area (Å²) in [6, 6.07) is 12.4. The van der Waals surface area contributed by atoms with E-state index >= 15 is 0 Å². The van der Waals surface area contributed by atoms with Crippen molar-refractivity contribution in [1.82, 2.24) is 4.72 Å². The molecule has 9 heteroatoms. The first kappa shape index (κ1) is 18.9. The summed E-state index contributed by atoms with van der Waals surface area (Å²) < 4.78 is 26.5. The molecule has 0 aliphatic carbocycles. The van der Waals surface area contributed by atoms with Crippen molar-refractivity contribution in [1.29, 1.82) is 0 Å². The first-order chi connectivity index (χ1) is 11.8. The third-order valence-electron chi connectivity index (χ3n) is 3.04. The minimum Gasteiger partial charge on any atom is -0.326 e. The number of sulfonamides is 1. The van der Waals surface area contributed by atoms with E-state index in [2.05, 4.69) is 15.4 Å². The molecule has 2 aromatic rings. The summed E-state index contributed by atoms with van der Waals surface area (Å²) >= 11 is 5.85. The third-order valence-corrected chi connectivity index (χ3v) is 4.94. The molecule has 132 valence electrons. The van der Waals surface area contributed by atoms with Crippen LogP contribution in [0.3, 0.4) is 0 Å². The fourth-order valence-corrected chi connectivity index (χ4v) is 3.45. The van der Waals surface area contributed by atoms with Gasteiger partial charge in [0.1, 0.15) is 4.90 Å². The molecule has 0 heterocycles. The van der Waals surface area contributed by atoms with Crippen molar-refractivity contribution in [2.24, 2.45) is 0 Å². The number of halogens is 1. The monoisotopic (exact) mass is 381 g/mol. The highest BCUT2D eigenvalue weighted by atomic mass is 35.5. The summed E-state index contributed by atoms with van der Waals surface area (Å²) in [5.74, 6) is -0.742. The van der Waals surface area contributed by atoms with Crippen molar-refractivity contribution in [2.75, 3.05) is 17.2 Å². The molecule has 3 N–H and O–H groups in total. The Morgan fingerprint density at radius 3 is 2.08 bits per heavy atom. The molecule has 0 radical (unpaired) electrons. The quantitative estimate of drug-likeness (QED) is 0.713. The van der Waals surface area contributed by atoms with Gasteiger partial charge >= 0.3 is 0 Å². The fourth-order valence-electron chi connectivity index (χ4n) is 1.95. The third kappa shape index (κ3) is 5.56. The van der Waals surface area contributed by atoms with E-state index in [-0.39, 0.29) is 15.8 Å². The van der Waals surface area contributed by atoms with Gasteiger partial charge in [0.25, 0.3) is 0 Å². The van der Waals surface area contributed by atoms with Crippen molar-refractivity contribution in [3.63, 3.8) is 0 Å². The molecule has 0 aliphatic rings. The molecule has 7 nitrogen and oxygen atoms in total. The number of benzene rings is 2. The summed E-state index contributed by atoms with van der Waals surface area (Å²) in [4.78, 5) is 22.7. The van der Waals surface area contributed by atoms with Gasteiger partial charge in [-0.25, -0.2) is 13.1 Å². The lowest BCUT2D eigenvalue weighted by Gasteiger charge is -2.09. The van der Waals surface area contributed by atoms with E-state index in [0.29, 0.717) is 11.4 Å². The number of anilines is 2. The first-order valence-corrected chi connectivity index (χ1v) is 9.06. The lowest BCUT2D eigenvalue weighted by Crippen LogP contribution is -2.33. The molecule has 0 unspecified atom stereocenters. The van der Waals surface area contributed by atoms with Gasteiger partial charge in [0.2, 0.25) is 21.8 Å². The molecule has 0 atom stereocenters. The Balaban J connectivity index is 1.94. The van der Waals surface area contributed by atoms with Gasteiger partial charge in [0.05, 0.1) is 11.6 Å². The Hall–Kier alpha value is -2.42. The van der Waals surface area contributed by atoms with Crippen LogP contribution in [0, 0.1) is 0 Å². The molecular weight excluding hydrogens is 366 g/mol. The van der Waals surface area contributed by atoms with E-state index in [1.807, 2.05) is 0 Å². The Morgan fingerprint density at radius 1 is 0.960 bits per heavy atom. The number of hydrogen-bond acceptors (Lipinski definition) is 4. The van der Waals surface area contributed by atoms with Gasteiger partial charge in [-0.1, -0.05) is 23.7 Å². The van der Waals surface area contributed by atoms with Crippen LogP contribution < -0.4 is 15.4 Å². The number of amides is 2. The molecule has 2 aromatic carbocycles. The van der Waals surface area contributed by atoms with E-state index in [1.165, 1.54) is 25.1 Å².